The van der Waals surface area contributed by atoms with Crippen LogP contribution in [0.3, 0.4) is 0 Å². The molecule has 0 saturated heterocycles. The molecule has 0 aliphatic heterocycles. The van der Waals surface area contributed by atoms with E-state index in [0.717, 1.165) is 6.42 Å². The molecule has 0 radical (unpaired) electrons. The van der Waals surface area contributed by atoms with Gasteiger partial charge in [-0.2, -0.15) is 0 Å². The fraction of sp³-hybridized carbons (Fsp3) is 0.933. The van der Waals surface area contributed by atoms with E-state index < -0.39 is 0 Å². The summed E-state index contributed by atoms with van der Waals surface area (Å²) < 4.78 is 15.8. The van der Waals surface area contributed by atoms with E-state index in [4.69, 9.17) is 19.9 Å². The van der Waals surface area contributed by atoms with E-state index in [1.165, 1.54) is 0 Å². The second kappa shape index (κ2) is 19.3. The maximum atomic E-state index is 11.5. The van der Waals surface area contributed by atoms with Crippen molar-refractivity contribution in [1.29, 1.82) is 0 Å². The van der Waals surface area contributed by atoms with E-state index >= 15 is 0 Å². The summed E-state index contributed by atoms with van der Waals surface area (Å²) in [4.78, 5) is 13.2. The molecule has 0 bridgehead atoms. The van der Waals surface area contributed by atoms with E-state index in [9.17, 15) is 4.79 Å². The molecule has 130 valence electrons. The van der Waals surface area contributed by atoms with Crippen LogP contribution in [0.15, 0.2) is 0 Å². The Kier molecular flexibility index (Phi) is 20.8. The molecule has 0 aromatic carbocycles. The normalized spacial score (nSPS) is 9.95. The van der Waals surface area contributed by atoms with Crippen LogP contribution in [0.25, 0.3) is 0 Å². The van der Waals surface area contributed by atoms with Crippen molar-refractivity contribution in [3.8, 4) is 0 Å². The molecule has 0 heterocycles. The zero-order valence-corrected chi connectivity index (χ0v) is 14.2. The molecule has 0 saturated carbocycles. The molecule has 0 rings (SSSR count). The Balaban J connectivity index is -0.00000115. The molecule has 6 heteroatoms. The van der Waals surface area contributed by atoms with Crippen molar-refractivity contribution >= 4 is 5.91 Å². The molecular formula is C15H36N2O4. The Bertz CT molecular complexity index is 222. The Morgan fingerprint density at radius 2 is 1.48 bits per heavy atom. The third-order valence-electron chi connectivity index (χ3n) is 2.47. The van der Waals surface area contributed by atoms with Crippen molar-refractivity contribution in [2.24, 2.45) is 5.73 Å². The number of likely N-dealkylation sites (N-methyl/N-ethyl adjacent to an activating group) is 1. The highest BCUT2D eigenvalue weighted by Crippen LogP contribution is 1.94. The van der Waals surface area contributed by atoms with Gasteiger partial charge >= 0.3 is 0 Å². The van der Waals surface area contributed by atoms with Gasteiger partial charge in [-0.3, -0.25) is 4.79 Å². The first-order chi connectivity index (χ1) is 10.2. The maximum Gasteiger partial charge on any atom is 0.222 e. The van der Waals surface area contributed by atoms with Crippen LogP contribution in [0, 0.1) is 0 Å². The molecule has 0 aromatic rings. The van der Waals surface area contributed by atoms with Crippen molar-refractivity contribution in [2.75, 3.05) is 59.8 Å². The van der Waals surface area contributed by atoms with Crippen LogP contribution in [0.5, 0.6) is 0 Å². The van der Waals surface area contributed by atoms with Crippen molar-refractivity contribution in [1.82, 2.24) is 4.90 Å². The van der Waals surface area contributed by atoms with Gasteiger partial charge in [0.1, 0.15) is 0 Å². The summed E-state index contributed by atoms with van der Waals surface area (Å²) >= 11 is 0. The van der Waals surface area contributed by atoms with Gasteiger partial charge in [-0.15, -0.1) is 0 Å². The van der Waals surface area contributed by atoms with Crippen LogP contribution in [0.4, 0.5) is 0 Å². The fourth-order valence-corrected chi connectivity index (χ4v) is 1.36. The molecule has 0 atom stereocenters. The van der Waals surface area contributed by atoms with E-state index in [1.807, 2.05) is 20.8 Å². The van der Waals surface area contributed by atoms with Crippen LogP contribution in [-0.2, 0) is 19.0 Å². The standard InChI is InChI=1S/C13H28N2O4.C2H6.H2/c1-3-4-13(16)15(2)6-8-18-10-12-19-11-9-17-7-5-14;1-2;/h3-12,14H2,1-2H3;1-2H3;1H. The highest BCUT2D eigenvalue weighted by atomic mass is 16.5. The molecule has 0 aliphatic rings. The van der Waals surface area contributed by atoms with Crippen LogP contribution in [0.1, 0.15) is 35.0 Å². The van der Waals surface area contributed by atoms with Crippen molar-refractivity contribution in [3.05, 3.63) is 0 Å². The third kappa shape index (κ3) is 17.3. The quantitative estimate of drug-likeness (QED) is 0.522. The summed E-state index contributed by atoms with van der Waals surface area (Å²) in [6.45, 7) is 10.5. The smallest absolute Gasteiger partial charge is 0.222 e. The lowest BCUT2D eigenvalue weighted by Crippen LogP contribution is -2.30. The fourth-order valence-electron chi connectivity index (χ4n) is 1.36. The van der Waals surface area contributed by atoms with Crippen molar-refractivity contribution in [3.63, 3.8) is 0 Å². The molecule has 0 aromatic heterocycles. The van der Waals surface area contributed by atoms with Gasteiger partial charge in [0.15, 0.2) is 0 Å². The zero-order valence-electron chi connectivity index (χ0n) is 14.2. The number of hydrogen-bond donors (Lipinski definition) is 1. The van der Waals surface area contributed by atoms with Gasteiger partial charge in [0, 0.05) is 28.0 Å². The first kappa shape index (κ1) is 22.6. The van der Waals surface area contributed by atoms with Gasteiger partial charge in [0.2, 0.25) is 5.91 Å². The molecular weight excluding hydrogens is 272 g/mol. The Morgan fingerprint density at radius 3 is 1.95 bits per heavy atom. The van der Waals surface area contributed by atoms with E-state index in [2.05, 4.69) is 0 Å². The molecule has 0 fully saturated rings. The predicted octanol–water partition coefficient (Wildman–Crippen LogP) is 1.53. The summed E-state index contributed by atoms with van der Waals surface area (Å²) in [7, 11) is 1.80. The molecule has 0 aliphatic carbocycles. The second-order valence-electron chi connectivity index (χ2n) is 4.19. The topological polar surface area (TPSA) is 74.0 Å². The first-order valence-corrected chi connectivity index (χ1v) is 7.89. The summed E-state index contributed by atoms with van der Waals surface area (Å²) in [5.74, 6) is 0.166. The Morgan fingerprint density at radius 1 is 1.00 bits per heavy atom. The summed E-state index contributed by atoms with van der Waals surface area (Å²) in [5, 5.41) is 0. The average molecular weight is 308 g/mol. The van der Waals surface area contributed by atoms with Crippen molar-refractivity contribution < 1.29 is 20.4 Å². The SMILES string of the molecule is CC.CCCC(=O)N(C)CCOCCOCCOCCN.[HH]. The molecule has 0 spiro atoms. The largest absolute Gasteiger partial charge is 0.378 e. The number of amides is 1. The van der Waals surface area contributed by atoms with E-state index in [-0.39, 0.29) is 7.33 Å². The lowest BCUT2D eigenvalue weighted by Gasteiger charge is -2.16. The number of carbonyl (C=O) groups is 1. The Hall–Kier alpha value is -0.690. The maximum absolute atomic E-state index is 11.5. The van der Waals surface area contributed by atoms with Crippen LogP contribution < -0.4 is 5.73 Å². The number of carbonyl (C=O) groups excluding carboxylic acids is 1. The number of nitrogens with two attached hydrogens (primary N) is 1. The van der Waals surface area contributed by atoms with E-state index in [0.29, 0.717) is 59.2 Å². The minimum atomic E-state index is 0. The highest BCUT2D eigenvalue weighted by Gasteiger charge is 2.06. The summed E-state index contributed by atoms with van der Waals surface area (Å²) in [6.07, 6.45) is 1.48. The molecule has 21 heavy (non-hydrogen) atoms. The summed E-state index contributed by atoms with van der Waals surface area (Å²) in [6, 6.07) is 0. The number of nitrogens with zero attached hydrogens (tertiary/aromatic N) is 1. The summed E-state index contributed by atoms with van der Waals surface area (Å²) in [5.41, 5.74) is 5.28. The average Bonchev–Trinajstić information content (AvgIpc) is 2.51. The van der Waals surface area contributed by atoms with Gasteiger partial charge in [-0.05, 0) is 6.42 Å². The first-order valence-electron chi connectivity index (χ1n) is 7.89. The van der Waals surface area contributed by atoms with Gasteiger partial charge in [0.25, 0.3) is 0 Å². The minimum Gasteiger partial charge on any atom is -0.378 e. The highest BCUT2D eigenvalue weighted by molar-refractivity contribution is 5.75. The number of ether oxygens (including phenoxy) is 3. The van der Waals surface area contributed by atoms with Gasteiger partial charge < -0.3 is 24.8 Å². The van der Waals surface area contributed by atoms with Crippen molar-refractivity contribution in [2.45, 2.75) is 33.6 Å². The van der Waals surface area contributed by atoms with Gasteiger partial charge in [-0.1, -0.05) is 20.8 Å². The van der Waals surface area contributed by atoms with E-state index in [1.54, 1.807) is 11.9 Å². The van der Waals surface area contributed by atoms with Crippen LogP contribution in [-0.4, -0.2) is 70.6 Å². The lowest BCUT2D eigenvalue weighted by molar-refractivity contribution is -0.130. The molecule has 0 unspecified atom stereocenters. The number of rotatable bonds is 13. The van der Waals surface area contributed by atoms with Gasteiger partial charge in [-0.25, -0.2) is 0 Å². The van der Waals surface area contributed by atoms with Crippen LogP contribution >= 0.6 is 0 Å². The Labute approximate surface area is 131 Å². The monoisotopic (exact) mass is 308 g/mol. The van der Waals surface area contributed by atoms with Crippen LogP contribution in [0.2, 0.25) is 0 Å². The minimum absolute atomic E-state index is 0. The molecule has 1 amide bonds. The number of hydrogen-bond acceptors (Lipinski definition) is 5. The third-order valence-corrected chi connectivity index (χ3v) is 2.47. The van der Waals surface area contributed by atoms with Gasteiger partial charge in [0.05, 0.1) is 39.6 Å². The molecule has 2 N–H and O–H groups in total. The second-order valence-corrected chi connectivity index (χ2v) is 4.19. The lowest BCUT2D eigenvalue weighted by atomic mass is 10.3. The zero-order chi connectivity index (χ0) is 16.3. The predicted molar refractivity (Wildman–Crippen MR) is 87.5 cm³/mol. The molecule has 6 nitrogen and oxygen atoms in total.